The SMILES string of the molecule is CCCc1nc2ccccc2c(-c2ccc(F)cc2)c1CO. The Balaban J connectivity index is 2.35. The molecule has 0 spiro atoms. The number of fused-ring (bicyclic) bond motifs is 1. The second-order valence-electron chi connectivity index (χ2n) is 5.34. The first-order valence-electron chi connectivity index (χ1n) is 7.52. The maximum atomic E-state index is 13.2. The number of hydrogen-bond donors (Lipinski definition) is 1. The first-order valence-corrected chi connectivity index (χ1v) is 7.52. The van der Waals surface area contributed by atoms with Crippen molar-refractivity contribution in [1.82, 2.24) is 4.98 Å². The van der Waals surface area contributed by atoms with Gasteiger partial charge in [0.1, 0.15) is 5.82 Å². The molecule has 112 valence electrons. The predicted octanol–water partition coefficient (Wildman–Crippen LogP) is 4.49. The molecule has 3 heteroatoms. The van der Waals surface area contributed by atoms with Crippen LogP contribution < -0.4 is 0 Å². The van der Waals surface area contributed by atoms with E-state index in [0.29, 0.717) is 0 Å². The summed E-state index contributed by atoms with van der Waals surface area (Å²) in [6.07, 6.45) is 1.77. The number of nitrogens with zero attached hydrogens (tertiary/aromatic N) is 1. The standard InChI is InChI=1S/C19H18FNO/c1-2-5-17-16(12-22)19(13-8-10-14(20)11-9-13)15-6-3-4-7-18(15)21-17/h3-4,6-11,22H,2,5,12H2,1H3. The van der Waals surface area contributed by atoms with Crippen LogP contribution in [0.2, 0.25) is 0 Å². The summed E-state index contributed by atoms with van der Waals surface area (Å²) in [6.45, 7) is 2.02. The molecule has 2 aromatic carbocycles. The molecule has 0 aliphatic carbocycles. The van der Waals surface area contributed by atoms with E-state index in [9.17, 15) is 9.50 Å². The summed E-state index contributed by atoms with van der Waals surface area (Å²) in [5, 5.41) is 10.9. The Hall–Kier alpha value is -2.26. The summed E-state index contributed by atoms with van der Waals surface area (Å²) in [5.74, 6) is -0.263. The van der Waals surface area contributed by atoms with Crippen molar-refractivity contribution in [3.05, 3.63) is 65.6 Å². The van der Waals surface area contributed by atoms with Crippen LogP contribution in [0.15, 0.2) is 48.5 Å². The highest BCUT2D eigenvalue weighted by molar-refractivity contribution is 5.96. The average Bonchev–Trinajstić information content (AvgIpc) is 2.55. The van der Waals surface area contributed by atoms with Gasteiger partial charge in [0.25, 0.3) is 0 Å². The largest absolute Gasteiger partial charge is 0.392 e. The van der Waals surface area contributed by atoms with E-state index < -0.39 is 0 Å². The van der Waals surface area contributed by atoms with Crippen molar-refractivity contribution in [2.24, 2.45) is 0 Å². The van der Waals surface area contributed by atoms with E-state index >= 15 is 0 Å². The first kappa shape index (κ1) is 14.7. The summed E-state index contributed by atoms with van der Waals surface area (Å²) in [6, 6.07) is 14.3. The molecular formula is C19H18FNO. The van der Waals surface area contributed by atoms with Crippen LogP contribution in [0.5, 0.6) is 0 Å². The summed E-state index contributed by atoms with van der Waals surface area (Å²) >= 11 is 0. The number of aliphatic hydroxyl groups excluding tert-OH is 1. The van der Waals surface area contributed by atoms with Gasteiger partial charge in [-0.1, -0.05) is 43.7 Å². The number of hydrogen-bond acceptors (Lipinski definition) is 2. The van der Waals surface area contributed by atoms with Crippen molar-refractivity contribution in [2.45, 2.75) is 26.4 Å². The van der Waals surface area contributed by atoms with E-state index in [2.05, 4.69) is 6.92 Å². The molecule has 0 unspecified atom stereocenters. The highest BCUT2D eigenvalue weighted by Crippen LogP contribution is 2.33. The van der Waals surface area contributed by atoms with E-state index in [4.69, 9.17) is 4.98 Å². The lowest BCUT2D eigenvalue weighted by Crippen LogP contribution is -2.02. The molecule has 0 radical (unpaired) electrons. The van der Waals surface area contributed by atoms with E-state index in [1.807, 2.05) is 24.3 Å². The number of para-hydroxylation sites is 1. The van der Waals surface area contributed by atoms with Crippen molar-refractivity contribution < 1.29 is 9.50 Å². The molecule has 0 aliphatic rings. The molecule has 0 aliphatic heterocycles. The summed E-state index contributed by atoms with van der Waals surface area (Å²) < 4.78 is 13.2. The molecule has 0 bridgehead atoms. The van der Waals surface area contributed by atoms with Crippen LogP contribution in [-0.2, 0) is 13.0 Å². The smallest absolute Gasteiger partial charge is 0.123 e. The summed E-state index contributed by atoms with van der Waals surface area (Å²) in [4.78, 5) is 4.71. The molecule has 0 amide bonds. The van der Waals surface area contributed by atoms with Crippen molar-refractivity contribution in [3.63, 3.8) is 0 Å². The highest BCUT2D eigenvalue weighted by Gasteiger charge is 2.15. The third kappa shape index (κ3) is 2.60. The number of aromatic nitrogens is 1. The third-order valence-corrected chi connectivity index (χ3v) is 3.86. The third-order valence-electron chi connectivity index (χ3n) is 3.86. The van der Waals surface area contributed by atoms with Crippen LogP contribution in [0, 0.1) is 5.82 Å². The fourth-order valence-corrected chi connectivity index (χ4v) is 2.86. The molecule has 3 rings (SSSR count). The molecular weight excluding hydrogens is 277 g/mol. The van der Waals surface area contributed by atoms with Crippen molar-refractivity contribution in [3.8, 4) is 11.1 Å². The number of halogens is 1. The number of benzene rings is 2. The van der Waals surface area contributed by atoms with Gasteiger partial charge in [-0.25, -0.2) is 4.39 Å². The fraction of sp³-hybridized carbons (Fsp3) is 0.211. The van der Waals surface area contributed by atoms with Crippen LogP contribution in [0.1, 0.15) is 24.6 Å². The fourth-order valence-electron chi connectivity index (χ4n) is 2.86. The van der Waals surface area contributed by atoms with Gasteiger partial charge < -0.3 is 5.11 Å². The quantitative estimate of drug-likeness (QED) is 0.769. The summed E-state index contributed by atoms with van der Waals surface area (Å²) in [7, 11) is 0. The zero-order valence-electron chi connectivity index (χ0n) is 12.5. The number of pyridine rings is 1. The lowest BCUT2D eigenvalue weighted by molar-refractivity contribution is 0.280. The van der Waals surface area contributed by atoms with Crippen molar-refractivity contribution in [2.75, 3.05) is 0 Å². The molecule has 0 fully saturated rings. The zero-order chi connectivity index (χ0) is 15.5. The molecule has 1 heterocycles. The topological polar surface area (TPSA) is 33.1 Å². The maximum Gasteiger partial charge on any atom is 0.123 e. The normalized spacial score (nSPS) is 11.0. The minimum absolute atomic E-state index is 0.0696. The van der Waals surface area contributed by atoms with E-state index in [-0.39, 0.29) is 12.4 Å². The highest BCUT2D eigenvalue weighted by atomic mass is 19.1. The zero-order valence-corrected chi connectivity index (χ0v) is 12.5. The minimum Gasteiger partial charge on any atom is -0.392 e. The second kappa shape index (κ2) is 6.24. The second-order valence-corrected chi connectivity index (χ2v) is 5.34. The Morgan fingerprint density at radius 3 is 2.45 bits per heavy atom. The lowest BCUT2D eigenvalue weighted by Gasteiger charge is -2.16. The molecule has 3 aromatic rings. The Bertz CT molecular complexity index is 796. The Kier molecular flexibility index (Phi) is 4.16. The molecule has 22 heavy (non-hydrogen) atoms. The Labute approximate surface area is 129 Å². The van der Waals surface area contributed by atoms with Gasteiger partial charge in [-0.05, 0) is 35.7 Å². The van der Waals surface area contributed by atoms with Gasteiger partial charge in [0.2, 0.25) is 0 Å². The minimum atomic E-state index is -0.263. The van der Waals surface area contributed by atoms with Gasteiger partial charge in [-0.2, -0.15) is 0 Å². The van der Waals surface area contributed by atoms with Gasteiger partial charge in [0.15, 0.2) is 0 Å². The number of aliphatic hydroxyl groups is 1. The van der Waals surface area contributed by atoms with Gasteiger partial charge in [0, 0.05) is 16.6 Å². The van der Waals surface area contributed by atoms with Crippen molar-refractivity contribution in [1.29, 1.82) is 0 Å². The van der Waals surface area contributed by atoms with Crippen LogP contribution in [0.25, 0.3) is 22.0 Å². The average molecular weight is 295 g/mol. The van der Waals surface area contributed by atoms with E-state index in [0.717, 1.165) is 46.1 Å². The predicted molar refractivity (Wildman–Crippen MR) is 87.1 cm³/mol. The van der Waals surface area contributed by atoms with Crippen LogP contribution in [0.3, 0.4) is 0 Å². The van der Waals surface area contributed by atoms with Gasteiger partial charge in [-0.3, -0.25) is 4.98 Å². The van der Waals surface area contributed by atoms with Crippen molar-refractivity contribution >= 4 is 10.9 Å². The first-order chi connectivity index (χ1) is 10.7. The van der Waals surface area contributed by atoms with Gasteiger partial charge in [0.05, 0.1) is 12.1 Å². The number of rotatable bonds is 4. The maximum absolute atomic E-state index is 13.2. The molecule has 0 atom stereocenters. The van der Waals surface area contributed by atoms with E-state index in [1.165, 1.54) is 12.1 Å². The van der Waals surface area contributed by atoms with E-state index in [1.54, 1.807) is 12.1 Å². The van der Waals surface area contributed by atoms with Crippen LogP contribution >= 0.6 is 0 Å². The Morgan fingerprint density at radius 2 is 1.77 bits per heavy atom. The van der Waals surface area contributed by atoms with Crippen LogP contribution in [-0.4, -0.2) is 10.1 Å². The Morgan fingerprint density at radius 1 is 1.05 bits per heavy atom. The summed E-state index contributed by atoms with van der Waals surface area (Å²) in [5.41, 5.74) is 4.52. The molecule has 1 aromatic heterocycles. The molecule has 2 nitrogen and oxygen atoms in total. The monoisotopic (exact) mass is 295 g/mol. The van der Waals surface area contributed by atoms with Gasteiger partial charge >= 0.3 is 0 Å². The number of aryl methyl sites for hydroxylation is 1. The lowest BCUT2D eigenvalue weighted by atomic mass is 9.93. The van der Waals surface area contributed by atoms with Gasteiger partial charge in [-0.15, -0.1) is 0 Å². The molecule has 1 N–H and O–H groups in total. The molecule has 0 saturated heterocycles. The van der Waals surface area contributed by atoms with Crippen LogP contribution in [0.4, 0.5) is 4.39 Å². The molecule has 0 saturated carbocycles.